The molecular formula is C22H23ClF2O6S. The molecule has 0 radical (unpaired) electrons. The van der Waals surface area contributed by atoms with Gasteiger partial charge in [0.05, 0.1) is 35.9 Å². The number of sulfone groups is 1. The highest BCUT2D eigenvalue weighted by Gasteiger charge is 2.61. The Morgan fingerprint density at radius 1 is 1.16 bits per heavy atom. The van der Waals surface area contributed by atoms with E-state index in [1.54, 1.807) is 0 Å². The van der Waals surface area contributed by atoms with E-state index in [1.165, 1.54) is 24.3 Å². The quantitative estimate of drug-likeness (QED) is 0.648. The molecule has 0 aromatic heterocycles. The van der Waals surface area contributed by atoms with Gasteiger partial charge in [-0.05, 0) is 55.7 Å². The zero-order valence-corrected chi connectivity index (χ0v) is 18.6. The summed E-state index contributed by atoms with van der Waals surface area (Å²) in [5.74, 6) is -2.99. The summed E-state index contributed by atoms with van der Waals surface area (Å²) in [7, 11) is -4.27. The number of ether oxygens (including phenoxy) is 2. The van der Waals surface area contributed by atoms with Crippen molar-refractivity contribution >= 4 is 21.4 Å². The fraction of sp³-hybridized carbons (Fsp3) is 0.455. The molecule has 1 unspecified atom stereocenters. The third-order valence-corrected chi connectivity index (χ3v) is 9.16. The lowest BCUT2D eigenvalue weighted by Crippen LogP contribution is -2.57. The minimum Gasteiger partial charge on any atom is -0.490 e. The second kappa shape index (κ2) is 8.87. The highest BCUT2D eigenvalue weighted by molar-refractivity contribution is 7.92. The molecule has 2 heterocycles. The van der Waals surface area contributed by atoms with E-state index in [4.69, 9.17) is 26.2 Å². The first-order valence-electron chi connectivity index (χ1n) is 10.2. The van der Waals surface area contributed by atoms with Crippen molar-refractivity contribution in [2.75, 3.05) is 19.8 Å². The number of rotatable bonds is 6. The molecule has 4 atom stereocenters. The molecule has 6 nitrogen and oxygen atoms in total. The Morgan fingerprint density at radius 3 is 2.53 bits per heavy atom. The lowest BCUT2D eigenvalue weighted by molar-refractivity contribution is -0.0811. The second-order valence-corrected chi connectivity index (χ2v) is 10.7. The minimum atomic E-state index is -4.27. The minimum absolute atomic E-state index is 0.0153. The lowest BCUT2D eigenvalue weighted by atomic mass is 9.74. The van der Waals surface area contributed by atoms with Gasteiger partial charge < -0.3 is 19.7 Å². The summed E-state index contributed by atoms with van der Waals surface area (Å²) in [4.78, 5) is -0.0699. The van der Waals surface area contributed by atoms with Gasteiger partial charge in [-0.2, -0.15) is 0 Å². The van der Waals surface area contributed by atoms with E-state index in [0.717, 1.165) is 12.1 Å². The van der Waals surface area contributed by atoms with Crippen LogP contribution in [-0.2, 0) is 19.3 Å². The molecule has 1 saturated heterocycles. The molecule has 0 spiro atoms. The SMILES string of the molecule is O=S(=O)(c1ccc(Cl)cc1)[C@@]12CCO[C@@H](CCC(O)CO)[C@@H]1COc1c(F)ccc(F)c12. The molecule has 32 heavy (non-hydrogen) atoms. The van der Waals surface area contributed by atoms with Crippen LogP contribution in [0.15, 0.2) is 41.3 Å². The van der Waals surface area contributed by atoms with E-state index in [2.05, 4.69) is 0 Å². The standard InChI is InChI=1S/C22H23ClF2O6S/c23-13-1-4-15(5-2-13)32(28,29)22-9-10-30-19(8-3-14(27)11-26)16(22)12-31-21-18(25)7-6-17(24)20(21)22/h1-2,4-7,14,16,19,26-27H,3,8-12H2/t14?,16-,19-,22-/m0/s1. The van der Waals surface area contributed by atoms with Gasteiger partial charge in [0.15, 0.2) is 21.4 Å². The molecule has 2 aromatic carbocycles. The van der Waals surface area contributed by atoms with Gasteiger partial charge in [0.25, 0.3) is 0 Å². The molecule has 0 amide bonds. The van der Waals surface area contributed by atoms with Crippen LogP contribution in [-0.4, -0.2) is 50.7 Å². The highest BCUT2D eigenvalue weighted by Crippen LogP contribution is 2.56. The van der Waals surface area contributed by atoms with Gasteiger partial charge in [-0.25, -0.2) is 17.2 Å². The van der Waals surface area contributed by atoms with E-state index < -0.39 is 56.7 Å². The lowest BCUT2D eigenvalue weighted by Gasteiger charge is -2.50. The Bertz CT molecular complexity index is 1090. The third-order valence-electron chi connectivity index (χ3n) is 6.34. The van der Waals surface area contributed by atoms with Crippen molar-refractivity contribution in [3.63, 3.8) is 0 Å². The number of hydrogen-bond donors (Lipinski definition) is 2. The maximum absolute atomic E-state index is 15.2. The predicted molar refractivity (Wildman–Crippen MR) is 112 cm³/mol. The molecule has 2 aliphatic heterocycles. The molecule has 4 rings (SSSR count). The second-order valence-electron chi connectivity index (χ2n) is 8.07. The van der Waals surface area contributed by atoms with E-state index in [1.807, 2.05) is 0 Å². The van der Waals surface area contributed by atoms with Crippen molar-refractivity contribution in [2.45, 2.75) is 41.1 Å². The molecule has 0 bridgehead atoms. The van der Waals surface area contributed by atoms with Crippen LogP contribution in [0, 0.1) is 17.6 Å². The van der Waals surface area contributed by atoms with E-state index in [9.17, 15) is 17.9 Å². The van der Waals surface area contributed by atoms with Crippen molar-refractivity contribution in [2.24, 2.45) is 5.92 Å². The molecule has 2 aromatic rings. The number of hydrogen-bond acceptors (Lipinski definition) is 6. The largest absolute Gasteiger partial charge is 0.490 e. The Morgan fingerprint density at radius 2 is 1.84 bits per heavy atom. The van der Waals surface area contributed by atoms with Crippen molar-refractivity contribution < 1.29 is 36.9 Å². The van der Waals surface area contributed by atoms with Crippen LogP contribution >= 0.6 is 11.6 Å². The van der Waals surface area contributed by atoms with Crippen molar-refractivity contribution in [1.82, 2.24) is 0 Å². The third kappa shape index (κ3) is 3.70. The molecule has 1 fully saturated rings. The Hall–Kier alpha value is -1.78. The molecule has 2 aliphatic rings. The summed E-state index contributed by atoms with van der Waals surface area (Å²) in [6.07, 6.45) is -1.47. The van der Waals surface area contributed by atoms with Gasteiger partial charge in [0.1, 0.15) is 10.6 Å². The zero-order chi connectivity index (χ0) is 23.1. The number of aliphatic hydroxyl groups excluding tert-OH is 2. The van der Waals surface area contributed by atoms with Gasteiger partial charge in [0, 0.05) is 17.5 Å². The first-order chi connectivity index (χ1) is 15.2. The van der Waals surface area contributed by atoms with Gasteiger partial charge in [-0.15, -0.1) is 0 Å². The summed E-state index contributed by atoms with van der Waals surface area (Å²) in [6, 6.07) is 7.35. The van der Waals surface area contributed by atoms with Crippen LogP contribution in [0.4, 0.5) is 8.78 Å². The van der Waals surface area contributed by atoms with Crippen molar-refractivity contribution in [3.05, 3.63) is 58.6 Å². The van der Waals surface area contributed by atoms with Gasteiger partial charge in [-0.1, -0.05) is 11.6 Å². The highest BCUT2D eigenvalue weighted by atomic mass is 35.5. The van der Waals surface area contributed by atoms with Gasteiger partial charge in [0.2, 0.25) is 0 Å². The molecule has 2 N–H and O–H groups in total. The number of benzene rings is 2. The maximum Gasteiger partial charge on any atom is 0.189 e. The molecule has 0 saturated carbocycles. The Labute approximate surface area is 189 Å². The van der Waals surface area contributed by atoms with Gasteiger partial charge >= 0.3 is 0 Å². The zero-order valence-electron chi connectivity index (χ0n) is 17.0. The molecular weight excluding hydrogens is 466 g/mol. The first kappa shape index (κ1) is 23.4. The average molecular weight is 489 g/mol. The number of halogens is 3. The molecule has 0 aliphatic carbocycles. The predicted octanol–water partition coefficient (Wildman–Crippen LogP) is 3.22. The van der Waals surface area contributed by atoms with Crippen LogP contribution in [0.3, 0.4) is 0 Å². The summed E-state index contributed by atoms with van der Waals surface area (Å²) in [5, 5.41) is 19.2. The number of fused-ring (bicyclic) bond motifs is 3. The molecule has 10 heteroatoms. The average Bonchev–Trinajstić information content (AvgIpc) is 2.79. The van der Waals surface area contributed by atoms with E-state index in [-0.39, 0.29) is 42.9 Å². The fourth-order valence-corrected chi connectivity index (χ4v) is 7.25. The smallest absolute Gasteiger partial charge is 0.189 e. The van der Waals surface area contributed by atoms with Crippen LogP contribution in [0.2, 0.25) is 5.02 Å². The van der Waals surface area contributed by atoms with E-state index >= 15 is 4.39 Å². The summed E-state index contributed by atoms with van der Waals surface area (Å²) in [6.45, 7) is -0.677. The van der Waals surface area contributed by atoms with Crippen molar-refractivity contribution in [1.29, 1.82) is 0 Å². The topological polar surface area (TPSA) is 93.1 Å². The van der Waals surface area contributed by atoms with E-state index in [0.29, 0.717) is 5.02 Å². The normalized spacial score (nSPS) is 26.0. The monoisotopic (exact) mass is 488 g/mol. The fourth-order valence-electron chi connectivity index (χ4n) is 4.78. The number of aliphatic hydroxyl groups is 2. The van der Waals surface area contributed by atoms with Crippen molar-refractivity contribution in [3.8, 4) is 5.75 Å². The van der Waals surface area contributed by atoms with Crippen LogP contribution in [0.5, 0.6) is 5.75 Å². The first-order valence-corrected chi connectivity index (χ1v) is 12.1. The van der Waals surface area contributed by atoms with Crippen LogP contribution < -0.4 is 4.74 Å². The Kier molecular flexibility index (Phi) is 6.48. The summed E-state index contributed by atoms with van der Waals surface area (Å²) in [5.41, 5.74) is -0.334. The molecule has 174 valence electrons. The van der Waals surface area contributed by atoms with Crippen LogP contribution in [0.25, 0.3) is 0 Å². The summed E-state index contributed by atoms with van der Waals surface area (Å²) < 4.78 is 67.6. The maximum atomic E-state index is 15.2. The van der Waals surface area contributed by atoms with Gasteiger partial charge in [-0.3, -0.25) is 0 Å². The Balaban J connectivity index is 1.91. The summed E-state index contributed by atoms with van der Waals surface area (Å²) >= 11 is 5.93. The van der Waals surface area contributed by atoms with Crippen LogP contribution in [0.1, 0.15) is 24.8 Å².